The number of nitrogen functional groups attached to an aromatic ring is 1. The van der Waals surface area contributed by atoms with Gasteiger partial charge in [0, 0.05) is 18.1 Å². The van der Waals surface area contributed by atoms with Gasteiger partial charge in [-0.2, -0.15) is 13.2 Å². The summed E-state index contributed by atoms with van der Waals surface area (Å²) in [4.78, 5) is 23.7. The van der Waals surface area contributed by atoms with Gasteiger partial charge in [-0.05, 0) is 36.4 Å². The van der Waals surface area contributed by atoms with E-state index in [1.807, 2.05) is 0 Å². The minimum absolute atomic E-state index is 0.0638. The molecule has 3 rings (SSSR count). The van der Waals surface area contributed by atoms with Crippen molar-refractivity contribution in [2.45, 2.75) is 6.18 Å². The van der Waals surface area contributed by atoms with Crippen LogP contribution in [0.4, 0.5) is 36.2 Å². The van der Waals surface area contributed by atoms with Crippen LogP contribution in [0, 0.1) is 0 Å². The van der Waals surface area contributed by atoms with E-state index in [-0.39, 0.29) is 17.3 Å². The number of rotatable bonds is 5. The number of alkyl halides is 3. The average molecular weight is 389 g/mol. The van der Waals surface area contributed by atoms with E-state index in [1.165, 1.54) is 30.9 Å². The van der Waals surface area contributed by atoms with Gasteiger partial charge in [0.1, 0.15) is 12.0 Å². The molecule has 0 spiro atoms. The summed E-state index contributed by atoms with van der Waals surface area (Å²) in [6.07, 6.45) is -0.318. The van der Waals surface area contributed by atoms with Crippen molar-refractivity contribution in [3.05, 3.63) is 66.2 Å². The lowest BCUT2D eigenvalue weighted by atomic mass is 10.2. The smallest absolute Gasteiger partial charge is 0.393 e. The lowest BCUT2D eigenvalue weighted by molar-refractivity contribution is -0.137. The maximum absolute atomic E-state index is 12.6. The first-order chi connectivity index (χ1) is 13.3. The number of hydrogen-bond acceptors (Lipinski definition) is 7. The zero-order valence-electron chi connectivity index (χ0n) is 14.2. The van der Waals surface area contributed by atoms with E-state index < -0.39 is 17.6 Å². The molecule has 8 nitrogen and oxygen atoms in total. The second kappa shape index (κ2) is 7.78. The zero-order valence-corrected chi connectivity index (χ0v) is 14.2. The number of hydrazine groups is 1. The van der Waals surface area contributed by atoms with E-state index >= 15 is 0 Å². The number of hydrogen-bond donors (Lipinski definition) is 4. The molecule has 2 heterocycles. The first kappa shape index (κ1) is 18.9. The second-order valence-electron chi connectivity index (χ2n) is 5.51. The number of pyridine rings is 1. The number of nitrogens with two attached hydrogens (primary N) is 1. The number of nitrogens with zero attached hydrogens (tertiary/aromatic N) is 3. The highest BCUT2D eigenvalue weighted by Crippen LogP contribution is 2.31. The standard InChI is InChI=1S/C17H14F3N7O/c18-17(19,20)11-3-5-12(6-4-11)25-14-13(21)15(24-9-23-14)26-27-16(28)10-2-1-7-22-8-10/h1-9H,21H2,(H,27,28)(H2,23,24,25,26). The molecule has 0 aliphatic rings. The van der Waals surface area contributed by atoms with E-state index in [2.05, 4.69) is 31.1 Å². The van der Waals surface area contributed by atoms with Gasteiger partial charge in [0.15, 0.2) is 11.6 Å². The van der Waals surface area contributed by atoms with Gasteiger partial charge in [0.2, 0.25) is 0 Å². The Balaban J connectivity index is 1.70. The first-order valence-corrected chi connectivity index (χ1v) is 7.86. The van der Waals surface area contributed by atoms with Crippen LogP contribution < -0.4 is 21.9 Å². The van der Waals surface area contributed by atoms with Crippen LogP contribution in [-0.4, -0.2) is 20.9 Å². The number of carbonyl (C=O) groups is 1. The summed E-state index contributed by atoms with van der Waals surface area (Å²) in [5.74, 6) is -0.183. The molecular formula is C17H14F3N7O. The van der Waals surface area contributed by atoms with Crippen LogP contribution in [0.5, 0.6) is 0 Å². The summed E-state index contributed by atoms with van der Waals surface area (Å²) >= 11 is 0. The molecule has 0 saturated carbocycles. The number of benzene rings is 1. The van der Waals surface area contributed by atoms with Gasteiger partial charge in [-0.15, -0.1) is 0 Å². The zero-order chi connectivity index (χ0) is 20.1. The predicted molar refractivity (Wildman–Crippen MR) is 96.5 cm³/mol. The van der Waals surface area contributed by atoms with Crippen LogP contribution in [0.2, 0.25) is 0 Å². The van der Waals surface area contributed by atoms with Crippen molar-refractivity contribution in [3.63, 3.8) is 0 Å². The fourth-order valence-corrected chi connectivity index (χ4v) is 2.16. The Bertz CT molecular complexity index is 963. The van der Waals surface area contributed by atoms with Gasteiger partial charge in [-0.25, -0.2) is 9.97 Å². The number of anilines is 4. The van der Waals surface area contributed by atoms with Gasteiger partial charge in [-0.1, -0.05) is 0 Å². The molecule has 0 atom stereocenters. The topological polar surface area (TPSA) is 118 Å². The molecule has 144 valence electrons. The molecule has 0 aliphatic carbocycles. The maximum Gasteiger partial charge on any atom is 0.416 e. The Morgan fingerprint density at radius 1 is 1.04 bits per heavy atom. The van der Waals surface area contributed by atoms with Crippen molar-refractivity contribution >= 4 is 28.9 Å². The van der Waals surface area contributed by atoms with Crippen molar-refractivity contribution in [2.75, 3.05) is 16.5 Å². The lowest BCUT2D eigenvalue weighted by Crippen LogP contribution is -2.30. The molecule has 0 unspecified atom stereocenters. The van der Waals surface area contributed by atoms with Crippen molar-refractivity contribution in [1.82, 2.24) is 20.4 Å². The number of halogens is 3. The molecule has 0 aliphatic heterocycles. The minimum Gasteiger partial charge on any atom is -0.393 e. The summed E-state index contributed by atoms with van der Waals surface area (Å²) in [7, 11) is 0. The van der Waals surface area contributed by atoms with Gasteiger partial charge in [-0.3, -0.25) is 20.6 Å². The molecule has 2 aromatic heterocycles. The molecule has 0 saturated heterocycles. The fraction of sp³-hybridized carbons (Fsp3) is 0.0588. The van der Waals surface area contributed by atoms with Crippen molar-refractivity contribution in [1.29, 1.82) is 0 Å². The first-order valence-electron chi connectivity index (χ1n) is 7.86. The quantitative estimate of drug-likeness (QED) is 0.496. The van der Waals surface area contributed by atoms with Crippen LogP contribution in [0.3, 0.4) is 0 Å². The normalized spacial score (nSPS) is 11.0. The van der Waals surface area contributed by atoms with Gasteiger partial charge in [0.25, 0.3) is 5.91 Å². The summed E-state index contributed by atoms with van der Waals surface area (Å²) in [6, 6.07) is 7.56. The molecule has 1 aromatic carbocycles. The van der Waals surface area contributed by atoms with E-state index in [0.717, 1.165) is 12.1 Å². The number of aromatic nitrogens is 3. The third-order valence-electron chi connectivity index (χ3n) is 3.58. The third-order valence-corrected chi connectivity index (χ3v) is 3.58. The van der Waals surface area contributed by atoms with Gasteiger partial charge in [0.05, 0.1) is 11.1 Å². The minimum atomic E-state index is -4.42. The average Bonchev–Trinajstić information content (AvgIpc) is 2.69. The molecule has 28 heavy (non-hydrogen) atoms. The SMILES string of the molecule is Nc1c(NNC(=O)c2cccnc2)ncnc1Nc1ccc(C(F)(F)F)cc1. The predicted octanol–water partition coefficient (Wildman–Crippen LogP) is 2.97. The molecule has 11 heteroatoms. The highest BCUT2D eigenvalue weighted by molar-refractivity contribution is 5.94. The van der Waals surface area contributed by atoms with E-state index in [9.17, 15) is 18.0 Å². The van der Waals surface area contributed by atoms with Crippen molar-refractivity contribution in [2.24, 2.45) is 0 Å². The largest absolute Gasteiger partial charge is 0.416 e. The van der Waals surface area contributed by atoms with Gasteiger partial charge >= 0.3 is 6.18 Å². The second-order valence-corrected chi connectivity index (χ2v) is 5.51. The Labute approximate surface area is 157 Å². The molecular weight excluding hydrogens is 375 g/mol. The maximum atomic E-state index is 12.6. The van der Waals surface area contributed by atoms with Crippen LogP contribution in [0.25, 0.3) is 0 Å². The summed E-state index contributed by atoms with van der Waals surface area (Å²) in [5.41, 5.74) is 10.9. The molecule has 0 bridgehead atoms. The number of amides is 1. The van der Waals surface area contributed by atoms with Gasteiger partial charge < -0.3 is 11.1 Å². The van der Waals surface area contributed by atoms with E-state index in [1.54, 1.807) is 12.1 Å². The third kappa shape index (κ3) is 4.44. The van der Waals surface area contributed by atoms with Crippen LogP contribution >= 0.6 is 0 Å². The molecule has 3 aromatic rings. The number of nitrogens with one attached hydrogen (secondary N) is 3. The van der Waals surface area contributed by atoms with Crippen molar-refractivity contribution in [3.8, 4) is 0 Å². The van der Waals surface area contributed by atoms with E-state index in [0.29, 0.717) is 11.3 Å². The van der Waals surface area contributed by atoms with Crippen LogP contribution in [0.15, 0.2) is 55.1 Å². The molecule has 5 N–H and O–H groups in total. The monoisotopic (exact) mass is 389 g/mol. The fourth-order valence-electron chi connectivity index (χ4n) is 2.16. The van der Waals surface area contributed by atoms with Crippen LogP contribution in [-0.2, 0) is 6.18 Å². The van der Waals surface area contributed by atoms with E-state index in [4.69, 9.17) is 5.73 Å². The Hall–Kier alpha value is -3.89. The number of carbonyl (C=O) groups excluding carboxylic acids is 1. The Kier molecular flexibility index (Phi) is 5.25. The Morgan fingerprint density at radius 3 is 2.39 bits per heavy atom. The molecule has 0 radical (unpaired) electrons. The Morgan fingerprint density at radius 2 is 1.75 bits per heavy atom. The summed E-state index contributed by atoms with van der Waals surface area (Å²) in [6.45, 7) is 0. The van der Waals surface area contributed by atoms with Crippen molar-refractivity contribution < 1.29 is 18.0 Å². The van der Waals surface area contributed by atoms with Crippen LogP contribution in [0.1, 0.15) is 15.9 Å². The summed E-state index contributed by atoms with van der Waals surface area (Å²) in [5, 5.41) is 2.80. The lowest BCUT2D eigenvalue weighted by Gasteiger charge is -2.13. The summed E-state index contributed by atoms with van der Waals surface area (Å²) < 4.78 is 37.9. The highest BCUT2D eigenvalue weighted by atomic mass is 19.4. The molecule has 0 fully saturated rings. The highest BCUT2D eigenvalue weighted by Gasteiger charge is 2.29. The molecule has 1 amide bonds.